The molecule has 2 N–H and O–H groups in total. The number of carboxylic acids is 1. The van der Waals surface area contributed by atoms with Crippen molar-refractivity contribution in [2.75, 3.05) is 13.1 Å². The van der Waals surface area contributed by atoms with E-state index in [9.17, 15) is 14.7 Å². The highest BCUT2D eigenvalue weighted by Crippen LogP contribution is 2.26. The number of hydrogen-bond acceptors (Lipinski definition) is 3. The Morgan fingerprint density at radius 2 is 2.05 bits per heavy atom. The number of aliphatic hydroxyl groups excluding tert-OH is 1. The number of hydrogen-bond donors (Lipinski definition) is 2. The summed E-state index contributed by atoms with van der Waals surface area (Å²) in [5, 5.41) is 19.1. The maximum atomic E-state index is 11.7. The first-order chi connectivity index (χ1) is 9.41. The van der Waals surface area contributed by atoms with E-state index in [1.165, 1.54) is 4.90 Å². The Hall–Kier alpha value is -1.72. The first-order valence-electron chi connectivity index (χ1n) is 5.79. The molecule has 0 atom stereocenters. The molecule has 1 aliphatic rings. The Kier molecular flexibility index (Phi) is 4.20. The average Bonchev–Trinajstić information content (AvgIpc) is 2.68. The van der Waals surface area contributed by atoms with E-state index < -0.39 is 17.6 Å². The van der Waals surface area contributed by atoms with Crippen LogP contribution in [0, 0.1) is 0 Å². The second kappa shape index (κ2) is 5.73. The Bertz CT molecular complexity index is 612. The van der Waals surface area contributed by atoms with E-state index in [2.05, 4.69) is 0 Å². The predicted octanol–water partition coefficient (Wildman–Crippen LogP) is 2.27. The number of aliphatic hydroxyl groups is 1. The van der Waals surface area contributed by atoms with Crippen LogP contribution in [0.25, 0.3) is 0 Å². The Morgan fingerprint density at radius 1 is 1.35 bits per heavy atom. The van der Waals surface area contributed by atoms with Gasteiger partial charge >= 0.3 is 5.97 Å². The van der Waals surface area contributed by atoms with Crippen LogP contribution in [0.3, 0.4) is 0 Å². The molecule has 0 unspecified atom stereocenters. The van der Waals surface area contributed by atoms with Crippen molar-refractivity contribution < 1.29 is 19.8 Å². The lowest BCUT2D eigenvalue weighted by Gasteiger charge is -2.16. The zero-order valence-electron chi connectivity index (χ0n) is 10.3. The molecule has 0 aromatic heterocycles. The van der Waals surface area contributed by atoms with E-state index in [0.29, 0.717) is 16.5 Å². The van der Waals surface area contributed by atoms with Crippen LogP contribution in [0.5, 0.6) is 0 Å². The number of nitrogens with zero attached hydrogens (tertiary/aromatic N) is 1. The summed E-state index contributed by atoms with van der Waals surface area (Å²) in [6.07, 6.45) is 0.422. The van der Waals surface area contributed by atoms with Crippen molar-refractivity contribution in [3.8, 4) is 0 Å². The molecular formula is C13H11Cl2NO4. The Balaban J connectivity index is 2.05. The molecule has 1 aromatic rings. The largest absolute Gasteiger partial charge is 0.503 e. The second-order valence-corrected chi connectivity index (χ2v) is 5.11. The van der Waals surface area contributed by atoms with Crippen LogP contribution in [-0.4, -0.2) is 40.1 Å². The molecule has 0 saturated heterocycles. The summed E-state index contributed by atoms with van der Waals surface area (Å²) in [5.74, 6) is -2.67. The van der Waals surface area contributed by atoms with Crippen molar-refractivity contribution in [1.29, 1.82) is 0 Å². The number of carbonyl (C=O) groups excluding carboxylic acids is 1. The molecule has 1 heterocycles. The monoisotopic (exact) mass is 315 g/mol. The van der Waals surface area contributed by atoms with Gasteiger partial charge in [0.25, 0.3) is 5.91 Å². The minimum Gasteiger partial charge on any atom is -0.503 e. The van der Waals surface area contributed by atoms with E-state index in [-0.39, 0.29) is 18.7 Å². The van der Waals surface area contributed by atoms with E-state index >= 15 is 0 Å². The first-order valence-corrected chi connectivity index (χ1v) is 6.55. The maximum Gasteiger partial charge on any atom is 0.337 e. The molecular weight excluding hydrogens is 305 g/mol. The van der Waals surface area contributed by atoms with E-state index in [1.807, 2.05) is 0 Å². The van der Waals surface area contributed by atoms with Crippen LogP contribution in [0.4, 0.5) is 0 Å². The first kappa shape index (κ1) is 14.7. The highest BCUT2D eigenvalue weighted by atomic mass is 35.5. The number of carbonyl (C=O) groups is 2. The lowest BCUT2D eigenvalue weighted by Crippen LogP contribution is -2.30. The van der Waals surface area contributed by atoms with E-state index in [1.54, 1.807) is 18.2 Å². The van der Waals surface area contributed by atoms with Gasteiger partial charge in [0.2, 0.25) is 0 Å². The molecule has 7 heteroatoms. The molecule has 0 aliphatic carbocycles. The second-order valence-electron chi connectivity index (χ2n) is 4.32. The average molecular weight is 316 g/mol. The molecule has 20 heavy (non-hydrogen) atoms. The van der Waals surface area contributed by atoms with Gasteiger partial charge < -0.3 is 15.1 Å². The van der Waals surface area contributed by atoms with Crippen molar-refractivity contribution in [3.63, 3.8) is 0 Å². The summed E-state index contributed by atoms with van der Waals surface area (Å²) < 4.78 is 0. The van der Waals surface area contributed by atoms with Crippen molar-refractivity contribution in [3.05, 3.63) is 45.1 Å². The zero-order valence-corrected chi connectivity index (χ0v) is 11.8. The third-order valence-electron chi connectivity index (χ3n) is 3.07. The minimum absolute atomic E-state index is 0.113. The molecule has 5 nitrogen and oxygen atoms in total. The smallest absolute Gasteiger partial charge is 0.337 e. The number of carboxylic acid groups (broad SMARTS) is 1. The molecule has 2 rings (SSSR count). The van der Waals surface area contributed by atoms with Crippen molar-refractivity contribution in [2.24, 2.45) is 0 Å². The maximum absolute atomic E-state index is 11.7. The fourth-order valence-corrected chi connectivity index (χ4v) is 2.38. The van der Waals surface area contributed by atoms with Gasteiger partial charge in [-0.05, 0) is 18.1 Å². The number of halogens is 2. The molecule has 0 saturated carbocycles. The van der Waals surface area contributed by atoms with Gasteiger partial charge in [-0.2, -0.15) is 0 Å². The number of amides is 1. The van der Waals surface area contributed by atoms with Crippen LogP contribution < -0.4 is 0 Å². The van der Waals surface area contributed by atoms with Crippen LogP contribution in [-0.2, 0) is 16.0 Å². The van der Waals surface area contributed by atoms with Crippen LogP contribution in [0.15, 0.2) is 29.5 Å². The summed E-state index contributed by atoms with van der Waals surface area (Å²) in [6.45, 7) is 0.137. The number of aliphatic carboxylic acids is 1. The highest BCUT2D eigenvalue weighted by molar-refractivity contribution is 6.42. The van der Waals surface area contributed by atoms with Crippen molar-refractivity contribution in [2.45, 2.75) is 6.42 Å². The normalized spacial score (nSPS) is 15.1. The number of rotatable bonds is 4. The highest BCUT2D eigenvalue weighted by Gasteiger charge is 2.33. The van der Waals surface area contributed by atoms with Gasteiger partial charge in [0.1, 0.15) is 5.57 Å². The summed E-state index contributed by atoms with van der Waals surface area (Å²) in [4.78, 5) is 23.8. The van der Waals surface area contributed by atoms with Gasteiger partial charge in [0.15, 0.2) is 5.76 Å². The molecule has 1 aliphatic heterocycles. The topological polar surface area (TPSA) is 77.8 Å². The van der Waals surface area contributed by atoms with Gasteiger partial charge in [-0.1, -0.05) is 35.3 Å². The summed E-state index contributed by atoms with van der Waals surface area (Å²) in [5.41, 5.74) is 0.474. The minimum atomic E-state index is -1.29. The quantitative estimate of drug-likeness (QED) is 0.893. The molecule has 0 fully saturated rings. The molecule has 0 spiro atoms. The van der Waals surface area contributed by atoms with E-state index in [4.69, 9.17) is 28.3 Å². The fourth-order valence-electron chi connectivity index (χ4n) is 1.96. The van der Waals surface area contributed by atoms with Gasteiger partial charge in [-0.25, -0.2) is 4.79 Å². The zero-order chi connectivity index (χ0) is 14.9. The van der Waals surface area contributed by atoms with Crippen molar-refractivity contribution in [1.82, 2.24) is 4.90 Å². The Labute approximate surface area is 125 Å². The van der Waals surface area contributed by atoms with Gasteiger partial charge in [0.05, 0.1) is 16.6 Å². The SMILES string of the molecule is O=C(O)C1=C(O)C(=O)N(CCc2cccc(Cl)c2Cl)C1. The third kappa shape index (κ3) is 2.73. The number of benzene rings is 1. The van der Waals surface area contributed by atoms with Gasteiger partial charge in [0, 0.05) is 6.54 Å². The lowest BCUT2D eigenvalue weighted by molar-refractivity contribution is -0.133. The molecule has 0 bridgehead atoms. The molecule has 0 radical (unpaired) electrons. The van der Waals surface area contributed by atoms with Crippen LogP contribution in [0.1, 0.15) is 5.56 Å². The third-order valence-corrected chi connectivity index (χ3v) is 3.92. The molecule has 1 amide bonds. The van der Waals surface area contributed by atoms with Gasteiger partial charge in [-0.15, -0.1) is 0 Å². The van der Waals surface area contributed by atoms with Gasteiger partial charge in [-0.3, -0.25) is 4.79 Å². The Morgan fingerprint density at radius 3 is 2.65 bits per heavy atom. The lowest BCUT2D eigenvalue weighted by atomic mass is 10.1. The summed E-state index contributed by atoms with van der Waals surface area (Å²) >= 11 is 11.9. The fraction of sp³-hybridized carbons (Fsp3) is 0.231. The van der Waals surface area contributed by atoms with Crippen molar-refractivity contribution >= 4 is 35.1 Å². The van der Waals surface area contributed by atoms with E-state index in [0.717, 1.165) is 5.56 Å². The molecule has 1 aromatic carbocycles. The predicted molar refractivity (Wildman–Crippen MR) is 74.0 cm³/mol. The molecule has 106 valence electrons. The van der Waals surface area contributed by atoms with Crippen LogP contribution >= 0.6 is 23.2 Å². The summed E-state index contributed by atoms with van der Waals surface area (Å²) in [7, 11) is 0. The standard InChI is InChI=1S/C13H11Cl2NO4/c14-9-3-1-2-7(10(9)15)4-5-16-6-8(13(19)20)11(17)12(16)18/h1-3,17H,4-6H2,(H,19,20). The van der Waals surface area contributed by atoms with Crippen LogP contribution in [0.2, 0.25) is 10.0 Å². The summed E-state index contributed by atoms with van der Waals surface area (Å²) in [6, 6.07) is 5.18.